The number of aromatic nitrogens is 4. The normalized spacial score (nSPS) is 24.4. The molecule has 6 rings (SSSR count). The summed E-state index contributed by atoms with van der Waals surface area (Å²) in [6.45, 7) is 5.77. The molecule has 3 aliphatic heterocycles. The van der Waals surface area contributed by atoms with Crippen LogP contribution in [-0.4, -0.2) is 97.3 Å². The van der Waals surface area contributed by atoms with Crippen molar-refractivity contribution in [3.8, 4) is 11.8 Å². The van der Waals surface area contributed by atoms with Crippen LogP contribution in [0.2, 0.25) is 0 Å². The van der Waals surface area contributed by atoms with E-state index >= 15 is 4.39 Å². The second kappa shape index (κ2) is 11.0. The maximum atomic E-state index is 15.1. The predicted molar refractivity (Wildman–Crippen MR) is 144 cm³/mol. The maximum Gasteiger partial charge on any atom is 0.320 e. The number of benzene rings is 1. The Morgan fingerprint density at radius 1 is 1.08 bits per heavy atom. The Morgan fingerprint density at radius 2 is 1.90 bits per heavy atom. The molecule has 210 valence electrons. The first-order valence-corrected chi connectivity index (χ1v) is 13.7. The van der Waals surface area contributed by atoms with E-state index in [2.05, 4.69) is 27.9 Å². The van der Waals surface area contributed by atoms with Crippen molar-refractivity contribution in [1.82, 2.24) is 24.6 Å². The third kappa shape index (κ3) is 5.08. The van der Waals surface area contributed by atoms with Crippen LogP contribution in [0.25, 0.3) is 16.7 Å². The highest BCUT2D eigenvalue weighted by Gasteiger charge is 2.35. The monoisotopic (exact) mass is 540 g/mol. The van der Waals surface area contributed by atoms with Crippen molar-refractivity contribution in [2.45, 2.75) is 57.3 Å². The summed E-state index contributed by atoms with van der Waals surface area (Å²) in [6, 6.07) is 4.25. The van der Waals surface area contributed by atoms with Crippen molar-refractivity contribution >= 4 is 16.7 Å². The second-order valence-corrected chi connectivity index (χ2v) is 10.9. The summed E-state index contributed by atoms with van der Waals surface area (Å²) in [4.78, 5) is 13.4. The number of alkyl halides is 1. The van der Waals surface area contributed by atoms with Gasteiger partial charge in [-0.05, 0) is 56.0 Å². The molecule has 0 saturated carbocycles. The summed E-state index contributed by atoms with van der Waals surface area (Å²) in [7, 11) is 5.20. The molecule has 0 radical (unpaired) electrons. The van der Waals surface area contributed by atoms with Gasteiger partial charge in [0.2, 0.25) is 0 Å². The lowest BCUT2D eigenvalue weighted by molar-refractivity contribution is -0.191. The highest BCUT2D eigenvalue weighted by Crippen LogP contribution is 2.37. The van der Waals surface area contributed by atoms with Crippen molar-refractivity contribution in [1.29, 1.82) is 0 Å². The van der Waals surface area contributed by atoms with Crippen molar-refractivity contribution in [3.05, 3.63) is 35.0 Å². The van der Waals surface area contributed by atoms with E-state index in [1.807, 2.05) is 24.2 Å². The minimum atomic E-state index is -0.927. The van der Waals surface area contributed by atoms with Gasteiger partial charge >= 0.3 is 6.01 Å². The Hall–Kier alpha value is -2.86. The fraction of sp³-hybridized carbons (Fsp3) is 0.607. The standard InChI is InChI=1S/C28H37FN6O4/c1-17-19(21-14-33(2)15-23(21)29)9-24-20(22(17)16-36-3)11-30-35(24)26-10-25(31-28(32-26)37-4)34-12-18(13-34)39-27-7-5-6-8-38-27/h9-11,18,21,23,27H,5-8,12-16H2,1-4H3. The smallest absolute Gasteiger partial charge is 0.320 e. The van der Waals surface area contributed by atoms with Crippen LogP contribution in [0.15, 0.2) is 18.3 Å². The van der Waals surface area contributed by atoms with Gasteiger partial charge in [0.25, 0.3) is 0 Å². The molecule has 0 aliphatic carbocycles. The fourth-order valence-electron chi connectivity index (χ4n) is 6.01. The van der Waals surface area contributed by atoms with Crippen LogP contribution in [-0.2, 0) is 20.8 Å². The molecule has 39 heavy (non-hydrogen) atoms. The number of nitrogens with zero attached hydrogens (tertiary/aromatic N) is 6. The third-order valence-corrected chi connectivity index (χ3v) is 8.16. The number of fused-ring (bicyclic) bond motifs is 1. The van der Waals surface area contributed by atoms with Gasteiger partial charge in [0.15, 0.2) is 12.1 Å². The van der Waals surface area contributed by atoms with Gasteiger partial charge in [-0.25, -0.2) is 9.07 Å². The molecule has 3 fully saturated rings. The number of likely N-dealkylation sites (tertiary alicyclic amines) is 1. The van der Waals surface area contributed by atoms with Crippen molar-refractivity contribution < 1.29 is 23.3 Å². The molecule has 1 aromatic carbocycles. The molecular weight excluding hydrogens is 503 g/mol. The zero-order chi connectivity index (χ0) is 27.1. The third-order valence-electron chi connectivity index (χ3n) is 8.16. The summed E-state index contributed by atoms with van der Waals surface area (Å²) in [5.41, 5.74) is 3.92. The molecule has 3 aromatic rings. The van der Waals surface area contributed by atoms with Gasteiger partial charge in [0.1, 0.15) is 12.0 Å². The Morgan fingerprint density at radius 3 is 2.59 bits per heavy atom. The van der Waals surface area contributed by atoms with E-state index in [4.69, 9.17) is 24.0 Å². The second-order valence-electron chi connectivity index (χ2n) is 10.9. The molecule has 0 amide bonds. The number of methoxy groups -OCH3 is 2. The van der Waals surface area contributed by atoms with Crippen molar-refractivity contribution in [2.75, 3.05) is 59.0 Å². The van der Waals surface area contributed by atoms with E-state index in [1.165, 1.54) is 0 Å². The number of halogens is 1. The van der Waals surface area contributed by atoms with Gasteiger partial charge in [-0.15, -0.1) is 0 Å². The van der Waals surface area contributed by atoms with E-state index in [1.54, 1.807) is 18.9 Å². The van der Waals surface area contributed by atoms with E-state index in [-0.39, 0.29) is 24.3 Å². The van der Waals surface area contributed by atoms with Gasteiger partial charge in [-0.2, -0.15) is 15.1 Å². The zero-order valence-corrected chi connectivity index (χ0v) is 23.1. The molecule has 0 N–H and O–H groups in total. The Labute approximate surface area is 228 Å². The summed E-state index contributed by atoms with van der Waals surface area (Å²) >= 11 is 0. The first-order valence-electron chi connectivity index (χ1n) is 13.7. The van der Waals surface area contributed by atoms with Crippen LogP contribution in [0.1, 0.15) is 41.9 Å². The first-order chi connectivity index (χ1) is 18.9. The molecule has 10 nitrogen and oxygen atoms in total. The summed E-state index contributed by atoms with van der Waals surface area (Å²) in [5, 5.41) is 5.68. The molecule has 2 aromatic heterocycles. The zero-order valence-electron chi connectivity index (χ0n) is 23.1. The van der Waals surface area contributed by atoms with Gasteiger partial charge in [-0.3, -0.25) is 0 Å². The van der Waals surface area contributed by atoms with Crippen LogP contribution in [0.3, 0.4) is 0 Å². The molecular formula is C28H37FN6O4. The Bertz CT molecular complexity index is 1320. The molecule has 11 heteroatoms. The van der Waals surface area contributed by atoms with E-state index in [0.29, 0.717) is 38.6 Å². The number of anilines is 1. The summed E-state index contributed by atoms with van der Waals surface area (Å²) < 4.78 is 39.7. The maximum absolute atomic E-state index is 15.1. The molecule has 5 heterocycles. The quantitative estimate of drug-likeness (QED) is 0.427. The number of rotatable bonds is 8. The first kappa shape index (κ1) is 26.4. The molecule has 3 atom stereocenters. The van der Waals surface area contributed by atoms with Gasteiger partial charge in [0.05, 0.1) is 31.5 Å². The van der Waals surface area contributed by atoms with Crippen LogP contribution in [0.4, 0.5) is 10.2 Å². The molecule has 3 aliphatic rings. The predicted octanol–water partition coefficient (Wildman–Crippen LogP) is 3.38. The van der Waals surface area contributed by atoms with Gasteiger partial charge in [0, 0.05) is 57.3 Å². The van der Waals surface area contributed by atoms with Crippen LogP contribution in [0, 0.1) is 6.92 Å². The Balaban J connectivity index is 1.33. The van der Waals surface area contributed by atoms with E-state index in [9.17, 15) is 0 Å². The average molecular weight is 541 g/mol. The Kier molecular flexibility index (Phi) is 7.41. The summed E-state index contributed by atoms with van der Waals surface area (Å²) in [6.07, 6.45) is 4.08. The highest BCUT2D eigenvalue weighted by atomic mass is 19.1. The topological polar surface area (TPSA) is 87.0 Å². The largest absolute Gasteiger partial charge is 0.467 e. The van der Waals surface area contributed by atoms with E-state index < -0.39 is 6.17 Å². The van der Waals surface area contributed by atoms with Crippen LogP contribution >= 0.6 is 0 Å². The minimum Gasteiger partial charge on any atom is -0.467 e. The highest BCUT2D eigenvalue weighted by molar-refractivity contribution is 5.86. The van der Waals surface area contributed by atoms with Gasteiger partial charge < -0.3 is 28.7 Å². The van der Waals surface area contributed by atoms with Crippen LogP contribution < -0.4 is 9.64 Å². The summed E-state index contributed by atoms with van der Waals surface area (Å²) in [5.74, 6) is 1.13. The van der Waals surface area contributed by atoms with Gasteiger partial charge in [-0.1, -0.05) is 0 Å². The minimum absolute atomic E-state index is 0.100. The van der Waals surface area contributed by atoms with Crippen molar-refractivity contribution in [3.63, 3.8) is 0 Å². The molecule has 3 saturated heterocycles. The molecule has 0 bridgehead atoms. The lowest BCUT2D eigenvalue weighted by Gasteiger charge is -2.41. The number of hydrogen-bond donors (Lipinski definition) is 0. The lowest BCUT2D eigenvalue weighted by Crippen LogP contribution is -2.54. The lowest BCUT2D eigenvalue weighted by atomic mass is 9.89. The number of likely N-dealkylation sites (N-methyl/N-ethyl adjacent to an activating group) is 1. The molecule has 3 unspecified atom stereocenters. The fourth-order valence-corrected chi connectivity index (χ4v) is 6.01. The SMILES string of the molecule is COCc1c(C)c(C2CN(C)CC2F)cc2c1cnn2-c1cc(N2CC(OC3CCCCO3)C2)nc(OC)n1. The molecule has 0 spiro atoms. The number of hydrogen-bond acceptors (Lipinski definition) is 9. The van der Waals surface area contributed by atoms with E-state index in [0.717, 1.165) is 59.3 Å². The average Bonchev–Trinajstić information content (AvgIpc) is 3.49. The van der Waals surface area contributed by atoms with Crippen LogP contribution in [0.5, 0.6) is 6.01 Å². The van der Waals surface area contributed by atoms with Crippen molar-refractivity contribution in [2.24, 2.45) is 0 Å². The number of ether oxygens (including phenoxy) is 4.